The maximum Gasteiger partial charge on any atom is 0.238 e. The van der Waals surface area contributed by atoms with E-state index in [1.54, 1.807) is 0 Å². The van der Waals surface area contributed by atoms with Crippen molar-refractivity contribution in [2.75, 3.05) is 59.9 Å². The summed E-state index contributed by atoms with van der Waals surface area (Å²) in [5.41, 5.74) is 0.411. The van der Waals surface area contributed by atoms with Crippen LogP contribution in [0.3, 0.4) is 0 Å². The molecule has 1 saturated carbocycles. The zero-order valence-electron chi connectivity index (χ0n) is 17.1. The highest BCUT2D eigenvalue weighted by molar-refractivity contribution is 6.07. The maximum absolute atomic E-state index is 12.9. The maximum atomic E-state index is 12.9. The smallest absolute Gasteiger partial charge is 0.238 e. The second-order valence-corrected chi connectivity index (χ2v) is 8.05. The van der Waals surface area contributed by atoms with Gasteiger partial charge in [0.2, 0.25) is 11.8 Å². The molecule has 0 radical (unpaired) electrons. The molecule has 0 spiro atoms. The molecule has 1 aromatic carbocycles. The number of nitrogens with one attached hydrogen (secondary N) is 1. The zero-order chi connectivity index (χ0) is 20.0. The van der Waals surface area contributed by atoms with Crippen molar-refractivity contribution in [2.45, 2.75) is 12.8 Å². The third-order valence-electron chi connectivity index (χ3n) is 5.57. The summed E-state index contributed by atoms with van der Waals surface area (Å²) in [7, 11) is 3.94. The summed E-state index contributed by atoms with van der Waals surface area (Å²) in [4.78, 5) is 31.7. The average molecular weight is 385 g/mol. The topological polar surface area (TPSA) is 55.9 Å². The molecule has 28 heavy (non-hydrogen) atoms. The fourth-order valence-electron chi connectivity index (χ4n) is 3.56. The van der Waals surface area contributed by atoms with E-state index >= 15 is 0 Å². The average Bonchev–Trinajstić information content (AvgIpc) is 3.50. The van der Waals surface area contributed by atoms with Crippen molar-refractivity contribution in [1.29, 1.82) is 0 Å². The molecule has 6 heteroatoms. The van der Waals surface area contributed by atoms with E-state index in [-0.39, 0.29) is 11.8 Å². The number of carbonyl (C=O) groups excluding carboxylic acids is 2. The van der Waals surface area contributed by atoms with Gasteiger partial charge >= 0.3 is 0 Å². The first kappa shape index (κ1) is 20.6. The van der Waals surface area contributed by atoms with Gasteiger partial charge in [-0.25, -0.2) is 0 Å². The normalized spacial score (nSPS) is 19.2. The van der Waals surface area contributed by atoms with Crippen LogP contribution in [0, 0.1) is 5.41 Å². The number of piperazine rings is 1. The molecule has 0 aromatic heterocycles. The van der Waals surface area contributed by atoms with Crippen LogP contribution in [0.1, 0.15) is 18.4 Å². The van der Waals surface area contributed by atoms with Crippen LogP contribution >= 0.6 is 0 Å². The highest BCUT2D eigenvalue weighted by atomic mass is 16.2. The van der Waals surface area contributed by atoms with Gasteiger partial charge in [-0.1, -0.05) is 42.5 Å². The van der Waals surface area contributed by atoms with E-state index in [2.05, 4.69) is 34.5 Å². The summed E-state index contributed by atoms with van der Waals surface area (Å²) < 4.78 is 0. The SMILES string of the molecule is CN(C)CCNC(=O)C1(C(=O)N2CCN(C/C=C/c3ccccc3)CC2)CC1. The number of benzene rings is 1. The Morgan fingerprint density at radius 1 is 1.11 bits per heavy atom. The minimum atomic E-state index is -0.790. The first-order valence-corrected chi connectivity index (χ1v) is 10.2. The molecule has 1 saturated heterocycles. The molecule has 2 aliphatic rings. The highest BCUT2D eigenvalue weighted by Gasteiger charge is 2.57. The van der Waals surface area contributed by atoms with Crippen LogP contribution in [0.2, 0.25) is 0 Å². The van der Waals surface area contributed by atoms with E-state index in [1.807, 2.05) is 42.1 Å². The minimum Gasteiger partial charge on any atom is -0.354 e. The molecule has 2 fully saturated rings. The molecule has 0 atom stereocenters. The first-order chi connectivity index (χ1) is 13.5. The van der Waals surface area contributed by atoms with Crippen LogP contribution in [0.25, 0.3) is 6.08 Å². The van der Waals surface area contributed by atoms with Gasteiger partial charge in [-0.2, -0.15) is 0 Å². The van der Waals surface area contributed by atoms with E-state index in [9.17, 15) is 9.59 Å². The Morgan fingerprint density at radius 2 is 1.79 bits per heavy atom. The molecule has 1 aliphatic heterocycles. The fraction of sp³-hybridized carbons (Fsp3) is 0.545. The van der Waals surface area contributed by atoms with Crippen LogP contribution < -0.4 is 5.32 Å². The van der Waals surface area contributed by atoms with Gasteiger partial charge in [-0.3, -0.25) is 14.5 Å². The van der Waals surface area contributed by atoms with Crippen LogP contribution in [-0.2, 0) is 9.59 Å². The Hall–Kier alpha value is -2.18. The lowest BCUT2D eigenvalue weighted by Crippen LogP contribution is -2.53. The van der Waals surface area contributed by atoms with Crippen LogP contribution in [-0.4, -0.2) is 86.4 Å². The lowest BCUT2D eigenvalue weighted by molar-refractivity contribution is -0.145. The van der Waals surface area contributed by atoms with E-state index in [0.717, 1.165) is 26.2 Å². The second kappa shape index (κ2) is 9.34. The van der Waals surface area contributed by atoms with Crippen LogP contribution in [0.5, 0.6) is 0 Å². The Kier molecular flexibility index (Phi) is 6.86. The number of hydrogen-bond donors (Lipinski definition) is 1. The molecule has 1 heterocycles. The third-order valence-corrected chi connectivity index (χ3v) is 5.57. The number of hydrogen-bond acceptors (Lipinski definition) is 4. The third kappa shape index (κ3) is 5.20. The van der Waals surface area contributed by atoms with Crippen LogP contribution in [0.15, 0.2) is 36.4 Å². The molecular formula is C22H32N4O2. The number of carbonyl (C=O) groups is 2. The van der Waals surface area contributed by atoms with E-state index in [0.29, 0.717) is 32.5 Å². The Balaban J connectivity index is 1.43. The monoisotopic (exact) mass is 384 g/mol. The summed E-state index contributed by atoms with van der Waals surface area (Å²) in [6, 6.07) is 10.3. The zero-order valence-corrected chi connectivity index (χ0v) is 17.1. The quantitative estimate of drug-likeness (QED) is 0.687. The van der Waals surface area contributed by atoms with Gasteiger partial charge < -0.3 is 15.1 Å². The van der Waals surface area contributed by atoms with Crippen molar-refractivity contribution in [3.05, 3.63) is 42.0 Å². The molecule has 2 amide bonds. The van der Waals surface area contributed by atoms with E-state index < -0.39 is 5.41 Å². The number of nitrogens with zero attached hydrogens (tertiary/aromatic N) is 3. The van der Waals surface area contributed by atoms with Gasteiger partial charge in [0.05, 0.1) is 0 Å². The van der Waals surface area contributed by atoms with Crippen molar-refractivity contribution in [3.8, 4) is 0 Å². The molecule has 1 aliphatic carbocycles. The highest BCUT2D eigenvalue weighted by Crippen LogP contribution is 2.47. The molecular weight excluding hydrogens is 352 g/mol. The molecule has 152 valence electrons. The molecule has 0 bridgehead atoms. The van der Waals surface area contributed by atoms with E-state index in [1.165, 1.54) is 5.56 Å². The van der Waals surface area contributed by atoms with Crippen molar-refractivity contribution in [1.82, 2.24) is 20.0 Å². The summed E-state index contributed by atoms with van der Waals surface area (Å²) in [5.74, 6) is -0.0677. The molecule has 6 nitrogen and oxygen atoms in total. The number of amides is 2. The Labute approximate surface area is 168 Å². The minimum absolute atomic E-state index is 0.0225. The van der Waals surface area contributed by atoms with Gasteiger partial charge in [-0.15, -0.1) is 0 Å². The van der Waals surface area contributed by atoms with Crippen molar-refractivity contribution in [3.63, 3.8) is 0 Å². The number of likely N-dealkylation sites (N-methyl/N-ethyl adjacent to an activating group) is 1. The first-order valence-electron chi connectivity index (χ1n) is 10.2. The summed E-state index contributed by atoms with van der Waals surface area (Å²) in [5, 5.41) is 2.94. The Bertz CT molecular complexity index is 690. The predicted octanol–water partition coefficient (Wildman–Crippen LogP) is 1.30. The molecule has 3 rings (SSSR count). The summed E-state index contributed by atoms with van der Waals surface area (Å²) in [6.07, 6.45) is 5.67. The lowest BCUT2D eigenvalue weighted by atomic mass is 10.0. The second-order valence-electron chi connectivity index (χ2n) is 8.05. The van der Waals surface area contributed by atoms with Gasteiger partial charge in [0.25, 0.3) is 0 Å². The molecule has 1 N–H and O–H groups in total. The van der Waals surface area contributed by atoms with Gasteiger partial charge in [0.1, 0.15) is 5.41 Å². The Morgan fingerprint density at radius 3 is 2.39 bits per heavy atom. The van der Waals surface area contributed by atoms with E-state index in [4.69, 9.17) is 0 Å². The lowest BCUT2D eigenvalue weighted by Gasteiger charge is -2.36. The predicted molar refractivity (Wildman–Crippen MR) is 112 cm³/mol. The van der Waals surface area contributed by atoms with Gasteiger partial charge in [0, 0.05) is 45.8 Å². The number of rotatable bonds is 8. The molecule has 0 unspecified atom stereocenters. The van der Waals surface area contributed by atoms with Crippen molar-refractivity contribution >= 4 is 17.9 Å². The van der Waals surface area contributed by atoms with Gasteiger partial charge in [-0.05, 0) is 32.5 Å². The van der Waals surface area contributed by atoms with Crippen molar-refractivity contribution < 1.29 is 9.59 Å². The van der Waals surface area contributed by atoms with Crippen molar-refractivity contribution in [2.24, 2.45) is 5.41 Å². The summed E-state index contributed by atoms with van der Waals surface area (Å²) >= 11 is 0. The largest absolute Gasteiger partial charge is 0.354 e. The fourth-order valence-corrected chi connectivity index (χ4v) is 3.56. The molecule has 1 aromatic rings. The van der Waals surface area contributed by atoms with Gasteiger partial charge in [0.15, 0.2) is 0 Å². The van der Waals surface area contributed by atoms with Crippen LogP contribution in [0.4, 0.5) is 0 Å². The summed E-state index contributed by atoms with van der Waals surface area (Å²) in [6.45, 7) is 5.35. The standard InChI is InChI=1S/C22H32N4O2/c1-24(2)14-12-23-20(27)22(10-11-22)21(28)26-17-15-25(16-18-26)13-6-9-19-7-4-3-5-8-19/h3-9H,10-18H2,1-2H3,(H,23,27)/b9-6+.